The number of piperidine rings is 1. The van der Waals surface area contributed by atoms with E-state index in [1.54, 1.807) is 10.7 Å². The number of nitrogens with one attached hydrogen (secondary N) is 1. The Bertz CT molecular complexity index is 1750. The quantitative estimate of drug-likeness (QED) is 0.301. The van der Waals surface area contributed by atoms with Crippen LogP contribution in [0.25, 0.3) is 28.0 Å². The second-order valence-electron chi connectivity index (χ2n) is 11.5. The number of hydrogen-bond acceptors (Lipinski definition) is 8. The Kier molecular flexibility index (Phi) is 5.27. The van der Waals surface area contributed by atoms with Crippen LogP contribution in [-0.4, -0.2) is 62.8 Å². The van der Waals surface area contributed by atoms with Crippen LogP contribution < -0.4 is 5.73 Å². The lowest BCUT2D eigenvalue weighted by atomic mass is 9.84. The molecule has 206 valence electrons. The molecule has 1 unspecified atom stereocenters. The van der Waals surface area contributed by atoms with Crippen molar-refractivity contribution in [1.82, 2.24) is 39.7 Å². The zero-order valence-corrected chi connectivity index (χ0v) is 22.3. The number of nitrogens with two attached hydrogens (primary N) is 1. The fourth-order valence-corrected chi connectivity index (χ4v) is 6.87. The zero-order chi connectivity index (χ0) is 27.7. The smallest absolute Gasteiger partial charge is 0.291 e. The Morgan fingerprint density at radius 3 is 2.44 bits per heavy atom. The van der Waals surface area contributed by atoms with Gasteiger partial charge in [0.2, 0.25) is 5.82 Å². The van der Waals surface area contributed by atoms with Crippen molar-refractivity contribution in [2.45, 2.75) is 62.1 Å². The highest BCUT2D eigenvalue weighted by Crippen LogP contribution is 2.53. The molecular formula is C30H29N9O2. The first-order chi connectivity index (χ1) is 20.0. The molecule has 6 heterocycles. The Labute approximate surface area is 235 Å². The van der Waals surface area contributed by atoms with E-state index in [9.17, 15) is 9.90 Å². The van der Waals surface area contributed by atoms with Crippen molar-refractivity contribution < 1.29 is 9.90 Å². The third-order valence-electron chi connectivity index (χ3n) is 9.02. The molecule has 41 heavy (non-hydrogen) atoms. The van der Waals surface area contributed by atoms with E-state index in [4.69, 9.17) is 15.7 Å². The van der Waals surface area contributed by atoms with Gasteiger partial charge in [0.15, 0.2) is 5.65 Å². The lowest BCUT2D eigenvalue weighted by molar-refractivity contribution is 0.0554. The molecule has 8 rings (SSSR count). The molecule has 3 atom stereocenters. The number of nitrogens with zero attached hydrogens (tertiary/aromatic N) is 7. The van der Waals surface area contributed by atoms with Gasteiger partial charge in [-0.1, -0.05) is 36.4 Å². The van der Waals surface area contributed by atoms with Crippen LogP contribution >= 0.6 is 0 Å². The summed E-state index contributed by atoms with van der Waals surface area (Å²) in [4.78, 5) is 29.2. The molecule has 1 aliphatic carbocycles. The van der Waals surface area contributed by atoms with Crippen LogP contribution in [0, 0.1) is 0 Å². The normalized spacial score (nSPS) is 22.8. The number of carbonyl (C=O) groups is 1. The van der Waals surface area contributed by atoms with Crippen LogP contribution in [0.4, 0.5) is 5.82 Å². The minimum absolute atomic E-state index is 0.0551. The molecule has 3 fully saturated rings. The van der Waals surface area contributed by atoms with Crippen LogP contribution in [0.5, 0.6) is 0 Å². The standard InChI is InChI=1S/C30H29N9O2/c31-26-24(30(41)10-11-30)25(19-12-20-7-8-21(13-19)38(20)29(40)27-33-16-34-37-27)36-28-22(15-35-39(26)28)18-6-9-23(32-14-18)17-4-2-1-3-5-17/h1-6,9,14-16,19-21,41H,7-8,10-13,31H2,(H,33,34,37)/t19?,20-,21+. The van der Waals surface area contributed by atoms with Crippen molar-refractivity contribution in [2.24, 2.45) is 0 Å². The molecule has 2 aliphatic heterocycles. The van der Waals surface area contributed by atoms with Crippen LogP contribution in [0.1, 0.15) is 66.3 Å². The summed E-state index contributed by atoms with van der Waals surface area (Å²) in [7, 11) is 0. The number of aromatic nitrogens is 7. The monoisotopic (exact) mass is 547 g/mol. The van der Waals surface area contributed by atoms with E-state index in [2.05, 4.69) is 20.3 Å². The van der Waals surface area contributed by atoms with E-state index >= 15 is 0 Å². The first kappa shape index (κ1) is 24.2. The zero-order valence-electron chi connectivity index (χ0n) is 22.3. The maximum atomic E-state index is 13.2. The first-order valence-corrected chi connectivity index (χ1v) is 14.1. The molecule has 5 aromatic rings. The van der Waals surface area contributed by atoms with E-state index < -0.39 is 5.60 Å². The third-order valence-corrected chi connectivity index (χ3v) is 9.02. The van der Waals surface area contributed by atoms with Gasteiger partial charge >= 0.3 is 0 Å². The predicted octanol–water partition coefficient (Wildman–Crippen LogP) is 3.69. The molecular weight excluding hydrogens is 518 g/mol. The topological polar surface area (TPSA) is 151 Å². The largest absolute Gasteiger partial charge is 0.385 e. The van der Waals surface area contributed by atoms with Gasteiger partial charge in [-0.05, 0) is 44.6 Å². The van der Waals surface area contributed by atoms with Crippen LogP contribution in [-0.2, 0) is 5.60 Å². The molecule has 1 amide bonds. The van der Waals surface area contributed by atoms with E-state index in [-0.39, 0.29) is 29.7 Å². The number of benzene rings is 1. The summed E-state index contributed by atoms with van der Waals surface area (Å²) < 4.78 is 1.65. The first-order valence-electron chi connectivity index (χ1n) is 14.1. The molecule has 11 nitrogen and oxygen atoms in total. The average Bonchev–Trinajstić information content (AvgIpc) is 3.35. The van der Waals surface area contributed by atoms with Crippen molar-refractivity contribution >= 4 is 17.4 Å². The molecule has 1 saturated carbocycles. The second-order valence-corrected chi connectivity index (χ2v) is 11.5. The maximum Gasteiger partial charge on any atom is 0.291 e. The predicted molar refractivity (Wildman–Crippen MR) is 151 cm³/mol. The number of hydrogen-bond donors (Lipinski definition) is 3. The van der Waals surface area contributed by atoms with E-state index in [0.717, 1.165) is 53.8 Å². The van der Waals surface area contributed by atoms with Crippen LogP contribution in [0.15, 0.2) is 61.2 Å². The van der Waals surface area contributed by atoms with Crippen LogP contribution in [0.3, 0.4) is 0 Å². The molecule has 0 radical (unpaired) electrons. The number of aromatic amines is 1. The van der Waals surface area contributed by atoms with E-state index in [1.807, 2.05) is 53.6 Å². The van der Waals surface area contributed by atoms with Gasteiger partial charge in [-0.25, -0.2) is 9.97 Å². The minimum Gasteiger partial charge on any atom is -0.385 e. The van der Waals surface area contributed by atoms with E-state index in [1.165, 1.54) is 6.33 Å². The van der Waals surface area contributed by atoms with Crippen molar-refractivity contribution in [1.29, 1.82) is 0 Å². The molecule has 0 spiro atoms. The van der Waals surface area contributed by atoms with Crippen molar-refractivity contribution in [3.05, 3.63) is 78.3 Å². The molecule has 4 N–H and O–H groups in total. The molecule has 1 aromatic carbocycles. The summed E-state index contributed by atoms with van der Waals surface area (Å²) in [5.74, 6) is 0.645. The number of nitrogen functional groups attached to an aromatic ring is 1. The maximum absolute atomic E-state index is 13.2. The minimum atomic E-state index is -0.989. The summed E-state index contributed by atoms with van der Waals surface area (Å²) in [5, 5.41) is 22.5. The summed E-state index contributed by atoms with van der Waals surface area (Å²) in [5.41, 5.74) is 11.6. The number of rotatable bonds is 5. The SMILES string of the molecule is Nc1c(C2(O)CC2)c(C2C[C@H]3CC[C@@H](C2)N3C(=O)c2ncn[nH]2)nc2c(-c3ccc(-c4ccccc4)nc3)cnn12. The summed E-state index contributed by atoms with van der Waals surface area (Å²) >= 11 is 0. The summed E-state index contributed by atoms with van der Waals surface area (Å²) in [6.45, 7) is 0. The highest BCUT2D eigenvalue weighted by Gasteiger charge is 2.50. The number of pyridine rings is 1. The second kappa shape index (κ2) is 8.93. The van der Waals surface area contributed by atoms with E-state index in [0.29, 0.717) is 29.9 Å². The van der Waals surface area contributed by atoms with Gasteiger partial charge in [-0.3, -0.25) is 14.9 Å². The highest BCUT2D eigenvalue weighted by atomic mass is 16.3. The number of amides is 1. The average molecular weight is 548 g/mol. The number of anilines is 1. The van der Waals surface area contributed by atoms with Gasteiger partial charge in [0.05, 0.1) is 23.2 Å². The Balaban J connectivity index is 1.18. The highest BCUT2D eigenvalue weighted by molar-refractivity contribution is 5.91. The van der Waals surface area contributed by atoms with Gasteiger partial charge in [0.25, 0.3) is 5.91 Å². The van der Waals surface area contributed by atoms with Gasteiger partial charge < -0.3 is 15.7 Å². The number of carbonyl (C=O) groups excluding carboxylic acids is 1. The summed E-state index contributed by atoms with van der Waals surface area (Å²) in [6, 6.07) is 14.2. The van der Waals surface area contributed by atoms with Gasteiger partial charge in [0.1, 0.15) is 12.1 Å². The van der Waals surface area contributed by atoms with Crippen molar-refractivity contribution in [2.75, 3.05) is 5.73 Å². The molecule has 2 bridgehead atoms. The molecule has 11 heteroatoms. The molecule has 2 saturated heterocycles. The lowest BCUT2D eigenvalue weighted by Crippen LogP contribution is -2.46. The molecule has 4 aromatic heterocycles. The molecule has 3 aliphatic rings. The van der Waals surface area contributed by atoms with Gasteiger partial charge in [0, 0.05) is 46.5 Å². The third kappa shape index (κ3) is 3.83. The fraction of sp³-hybridized carbons (Fsp3) is 0.333. The summed E-state index contributed by atoms with van der Waals surface area (Å²) in [6.07, 6.45) is 9.61. The Hall–Kier alpha value is -4.64. The number of aliphatic hydroxyl groups is 1. The number of fused-ring (bicyclic) bond motifs is 3. The van der Waals surface area contributed by atoms with Gasteiger partial charge in [-0.2, -0.15) is 14.7 Å². The Morgan fingerprint density at radius 2 is 1.78 bits per heavy atom. The van der Waals surface area contributed by atoms with Crippen molar-refractivity contribution in [3.63, 3.8) is 0 Å². The van der Waals surface area contributed by atoms with Crippen LogP contribution in [0.2, 0.25) is 0 Å². The number of H-pyrrole nitrogens is 1. The van der Waals surface area contributed by atoms with Gasteiger partial charge in [-0.15, -0.1) is 0 Å². The van der Waals surface area contributed by atoms with Crippen molar-refractivity contribution in [3.8, 4) is 22.4 Å². The lowest BCUT2D eigenvalue weighted by Gasteiger charge is -2.39. The Morgan fingerprint density at radius 1 is 1.00 bits per heavy atom. The fourth-order valence-electron chi connectivity index (χ4n) is 6.87.